The third-order valence-corrected chi connectivity index (χ3v) is 7.21. The first-order valence-corrected chi connectivity index (χ1v) is 9.97. The summed E-state index contributed by atoms with van der Waals surface area (Å²) in [5.74, 6) is 0. The van der Waals surface area contributed by atoms with E-state index in [4.69, 9.17) is 0 Å². The van der Waals surface area contributed by atoms with Gasteiger partial charge in [0.15, 0.2) is 0 Å². The lowest BCUT2D eigenvalue weighted by Gasteiger charge is -2.42. The second-order valence-electron chi connectivity index (χ2n) is 7.04. The summed E-state index contributed by atoms with van der Waals surface area (Å²) in [5.41, 5.74) is 0.558. The van der Waals surface area contributed by atoms with E-state index in [0.29, 0.717) is 12.8 Å². The summed E-state index contributed by atoms with van der Waals surface area (Å²) in [4.78, 5) is 11.8. The van der Waals surface area contributed by atoms with Crippen LogP contribution in [0.3, 0.4) is 0 Å². The molecular weight excluding hydrogens is 395 g/mol. The van der Waals surface area contributed by atoms with Crippen LogP contribution in [-0.4, -0.2) is 42.3 Å². The van der Waals surface area contributed by atoms with Gasteiger partial charge in [0.05, 0.1) is 27.8 Å². The number of nitrogens with zero attached hydrogens (tertiary/aromatic N) is 2. The third-order valence-electron chi connectivity index (χ3n) is 5.35. The number of benzene rings is 1. The van der Waals surface area contributed by atoms with Crippen LogP contribution in [0, 0.1) is 5.41 Å². The fraction of sp³-hybridized carbons (Fsp3) is 0.333. The van der Waals surface area contributed by atoms with Gasteiger partial charge in [0.2, 0.25) is 10.0 Å². The molecule has 6 nitrogen and oxygen atoms in total. The number of aromatic nitrogens is 2. The number of carbonyl (C=O) groups is 1. The van der Waals surface area contributed by atoms with Crippen molar-refractivity contribution < 1.29 is 26.4 Å². The molecule has 1 aromatic carbocycles. The lowest BCUT2D eigenvalue weighted by Crippen LogP contribution is -2.50. The van der Waals surface area contributed by atoms with Gasteiger partial charge >= 0.3 is 6.18 Å². The van der Waals surface area contributed by atoms with Crippen molar-refractivity contribution in [3.8, 4) is 0 Å². The maximum Gasteiger partial charge on any atom is 0.416 e. The number of carbonyl (C=O) groups excluding carboxylic acids is 1. The number of fused-ring (bicyclic) bond motifs is 2. The first-order valence-electron chi connectivity index (χ1n) is 8.53. The standard InChI is InChI=1S/C18H16F3N3O3S/c19-18(20,21)13-1-3-15(4-2-13)28(26,27)24-6-5-14-7-16-12(9-22-23-16)8-17(14,10-24)11-25/h1-4,7,9,11H,5-6,8,10H2,(H,22,23). The highest BCUT2D eigenvalue weighted by molar-refractivity contribution is 7.89. The molecule has 1 aliphatic carbocycles. The summed E-state index contributed by atoms with van der Waals surface area (Å²) >= 11 is 0. The number of halogens is 3. The van der Waals surface area contributed by atoms with Crippen LogP contribution in [0.25, 0.3) is 6.08 Å². The van der Waals surface area contributed by atoms with Crippen molar-refractivity contribution in [2.75, 3.05) is 13.1 Å². The van der Waals surface area contributed by atoms with Crippen LogP contribution in [0.15, 0.2) is 40.9 Å². The summed E-state index contributed by atoms with van der Waals surface area (Å²) in [5, 5.41) is 6.81. The number of sulfonamides is 1. The predicted octanol–water partition coefficient (Wildman–Crippen LogP) is 2.65. The number of aldehydes is 1. The van der Waals surface area contributed by atoms with Crippen LogP contribution in [0.5, 0.6) is 0 Å². The Kier molecular flexibility index (Phi) is 4.23. The number of hydrogen-bond acceptors (Lipinski definition) is 4. The van der Waals surface area contributed by atoms with Gasteiger partial charge in [0.25, 0.3) is 0 Å². The minimum absolute atomic E-state index is 0.0592. The third kappa shape index (κ3) is 2.96. The minimum Gasteiger partial charge on any atom is -0.302 e. The van der Waals surface area contributed by atoms with Gasteiger partial charge in [-0.1, -0.05) is 5.57 Å². The Morgan fingerprint density at radius 1 is 1.21 bits per heavy atom. The topological polar surface area (TPSA) is 83.1 Å². The number of nitrogens with one attached hydrogen (secondary N) is 1. The maximum atomic E-state index is 13.0. The van der Waals surface area contributed by atoms with Gasteiger partial charge in [0.1, 0.15) is 6.29 Å². The Balaban J connectivity index is 1.65. The minimum atomic E-state index is -4.54. The van der Waals surface area contributed by atoms with Gasteiger partial charge in [-0.15, -0.1) is 0 Å². The van der Waals surface area contributed by atoms with Crippen LogP contribution < -0.4 is 0 Å². The van der Waals surface area contributed by atoms with Gasteiger partial charge in [-0.05, 0) is 48.7 Å². The van der Waals surface area contributed by atoms with Crippen LogP contribution in [0.2, 0.25) is 0 Å². The average molecular weight is 411 g/mol. The molecule has 1 aromatic heterocycles. The van der Waals surface area contributed by atoms with Gasteiger partial charge in [0, 0.05) is 13.1 Å². The van der Waals surface area contributed by atoms with Gasteiger partial charge in [-0.2, -0.15) is 22.6 Å². The second-order valence-corrected chi connectivity index (χ2v) is 8.98. The molecule has 10 heteroatoms. The van der Waals surface area contributed by atoms with Crippen molar-refractivity contribution in [1.29, 1.82) is 0 Å². The first-order chi connectivity index (χ1) is 13.2. The second kappa shape index (κ2) is 6.28. The molecular formula is C18H16F3N3O3S. The van der Waals surface area contributed by atoms with E-state index in [-0.39, 0.29) is 18.0 Å². The normalized spacial score (nSPS) is 22.9. The molecule has 4 rings (SSSR count). The summed E-state index contributed by atoms with van der Waals surface area (Å²) in [6, 6.07) is 3.39. The van der Waals surface area contributed by atoms with E-state index in [1.54, 1.807) is 6.20 Å². The van der Waals surface area contributed by atoms with Gasteiger partial charge in [-0.25, -0.2) is 8.42 Å². The largest absolute Gasteiger partial charge is 0.416 e. The SMILES string of the molecule is O=CC12Cc3cn[nH]c3C=C1CCN(S(=O)(=O)c1ccc(C(F)(F)F)cc1)C2. The molecule has 0 bridgehead atoms. The molecule has 1 saturated heterocycles. The lowest BCUT2D eigenvalue weighted by molar-refractivity contribution is -0.137. The Morgan fingerprint density at radius 3 is 2.57 bits per heavy atom. The van der Waals surface area contributed by atoms with Crippen molar-refractivity contribution in [2.24, 2.45) is 5.41 Å². The molecule has 148 valence electrons. The number of hydrogen-bond donors (Lipinski definition) is 1. The molecule has 2 heterocycles. The molecule has 2 aliphatic rings. The molecule has 1 aliphatic heterocycles. The van der Waals surface area contributed by atoms with E-state index < -0.39 is 27.2 Å². The summed E-state index contributed by atoms with van der Waals surface area (Å²) in [6.45, 7) is 0.0879. The van der Waals surface area contributed by atoms with Crippen LogP contribution in [-0.2, 0) is 27.4 Å². The maximum absolute atomic E-state index is 13.0. The lowest BCUT2D eigenvalue weighted by atomic mass is 9.70. The fourth-order valence-corrected chi connectivity index (χ4v) is 5.31. The Bertz CT molecular complexity index is 1060. The highest BCUT2D eigenvalue weighted by atomic mass is 32.2. The van der Waals surface area contributed by atoms with Crippen molar-refractivity contribution in [1.82, 2.24) is 14.5 Å². The molecule has 0 radical (unpaired) electrons. The molecule has 0 saturated carbocycles. The van der Waals surface area contributed by atoms with E-state index >= 15 is 0 Å². The monoisotopic (exact) mass is 411 g/mol. The van der Waals surface area contributed by atoms with Crippen LogP contribution >= 0.6 is 0 Å². The summed E-state index contributed by atoms with van der Waals surface area (Å²) < 4.78 is 65.3. The van der Waals surface area contributed by atoms with E-state index in [9.17, 15) is 26.4 Å². The molecule has 0 amide bonds. The predicted molar refractivity (Wildman–Crippen MR) is 93.6 cm³/mol. The number of alkyl halides is 3. The zero-order chi connectivity index (χ0) is 20.2. The van der Waals surface area contributed by atoms with Gasteiger partial charge < -0.3 is 4.79 Å². The van der Waals surface area contributed by atoms with Crippen molar-refractivity contribution >= 4 is 22.4 Å². The van der Waals surface area contributed by atoms with Gasteiger partial charge in [-0.3, -0.25) is 5.10 Å². The van der Waals surface area contributed by atoms with E-state index in [1.807, 2.05) is 6.08 Å². The van der Waals surface area contributed by atoms with Crippen molar-refractivity contribution in [2.45, 2.75) is 23.9 Å². The van der Waals surface area contributed by atoms with E-state index in [2.05, 4.69) is 10.2 Å². The molecule has 1 N–H and O–H groups in total. The molecule has 0 spiro atoms. The highest BCUT2D eigenvalue weighted by Crippen LogP contribution is 2.43. The smallest absolute Gasteiger partial charge is 0.302 e. The zero-order valence-corrected chi connectivity index (χ0v) is 15.3. The van der Waals surface area contributed by atoms with Crippen LogP contribution in [0.4, 0.5) is 13.2 Å². The quantitative estimate of drug-likeness (QED) is 0.788. The fourth-order valence-electron chi connectivity index (χ4n) is 3.80. The number of H-pyrrole nitrogens is 1. The summed E-state index contributed by atoms with van der Waals surface area (Å²) in [6.07, 6.45) is 0.353. The first kappa shape index (κ1) is 18.9. The number of aromatic amines is 1. The average Bonchev–Trinajstić information content (AvgIpc) is 3.11. The zero-order valence-electron chi connectivity index (χ0n) is 14.5. The highest BCUT2D eigenvalue weighted by Gasteiger charge is 2.45. The Hall–Kier alpha value is -2.46. The Morgan fingerprint density at radius 2 is 1.93 bits per heavy atom. The number of piperidine rings is 1. The number of rotatable bonds is 3. The molecule has 2 aromatic rings. The van der Waals surface area contributed by atoms with Crippen LogP contribution in [0.1, 0.15) is 23.2 Å². The van der Waals surface area contributed by atoms with Crippen molar-refractivity contribution in [3.05, 3.63) is 52.9 Å². The Labute approximate surface area is 159 Å². The van der Waals surface area contributed by atoms with E-state index in [0.717, 1.165) is 47.4 Å². The molecule has 1 atom stereocenters. The molecule has 28 heavy (non-hydrogen) atoms. The van der Waals surface area contributed by atoms with E-state index in [1.165, 1.54) is 4.31 Å². The molecule has 1 fully saturated rings. The summed E-state index contributed by atoms with van der Waals surface area (Å²) in [7, 11) is -4.03. The van der Waals surface area contributed by atoms with Crippen molar-refractivity contribution in [3.63, 3.8) is 0 Å². The molecule has 1 unspecified atom stereocenters.